The second-order valence-corrected chi connectivity index (χ2v) is 8.97. The summed E-state index contributed by atoms with van der Waals surface area (Å²) in [5.41, 5.74) is 0.0635. The number of methoxy groups -OCH3 is 1. The van der Waals surface area contributed by atoms with E-state index in [0.717, 1.165) is 41.7 Å². The molecule has 10 heteroatoms. The molecule has 1 saturated carbocycles. The Labute approximate surface area is 170 Å². The number of aromatic nitrogens is 2. The first-order chi connectivity index (χ1) is 13.4. The summed E-state index contributed by atoms with van der Waals surface area (Å²) in [5, 5.41) is 3.24. The molecule has 0 spiro atoms. The molecule has 2 aromatic heterocycles. The number of nitrogens with zero attached hydrogens (tertiary/aromatic N) is 2. The standard InChI is InChI=1S/C18H24N4O4S2/c1-4-11(14(23)20-10-7-5-6-8-10)27-18-21-15-12(16(24)22(18)19)9(2)13(28-15)17(25)26-3/h10-11H,4-8,19H2,1-3H3,(H,20,23)/t11-/m1/s1. The summed E-state index contributed by atoms with van der Waals surface area (Å²) >= 11 is 2.26. The highest BCUT2D eigenvalue weighted by atomic mass is 32.2. The van der Waals surface area contributed by atoms with Crippen molar-refractivity contribution < 1.29 is 14.3 Å². The molecule has 0 aromatic carbocycles. The molecular weight excluding hydrogens is 400 g/mol. The van der Waals surface area contributed by atoms with Crippen molar-refractivity contribution in [2.24, 2.45) is 0 Å². The highest BCUT2D eigenvalue weighted by Crippen LogP contribution is 2.31. The van der Waals surface area contributed by atoms with E-state index in [-0.39, 0.29) is 17.1 Å². The molecule has 8 nitrogen and oxygen atoms in total. The van der Waals surface area contributed by atoms with Gasteiger partial charge in [-0.15, -0.1) is 11.3 Å². The van der Waals surface area contributed by atoms with Crippen LogP contribution in [-0.4, -0.2) is 39.9 Å². The molecule has 1 atom stereocenters. The van der Waals surface area contributed by atoms with Crippen LogP contribution in [0.3, 0.4) is 0 Å². The van der Waals surface area contributed by atoms with Crippen LogP contribution in [0.1, 0.15) is 54.3 Å². The van der Waals surface area contributed by atoms with Crippen LogP contribution in [0.15, 0.2) is 9.95 Å². The molecule has 152 valence electrons. The number of carbonyl (C=O) groups excluding carboxylic acids is 2. The maximum absolute atomic E-state index is 12.8. The smallest absolute Gasteiger partial charge is 0.348 e. The molecule has 0 saturated heterocycles. The highest BCUT2D eigenvalue weighted by molar-refractivity contribution is 8.00. The lowest BCUT2D eigenvalue weighted by Crippen LogP contribution is -2.39. The number of esters is 1. The van der Waals surface area contributed by atoms with E-state index in [0.29, 0.717) is 27.1 Å². The van der Waals surface area contributed by atoms with E-state index in [2.05, 4.69) is 10.3 Å². The molecule has 2 heterocycles. The van der Waals surface area contributed by atoms with Gasteiger partial charge in [0.2, 0.25) is 5.91 Å². The van der Waals surface area contributed by atoms with E-state index in [1.165, 1.54) is 18.9 Å². The average Bonchev–Trinajstić information content (AvgIpc) is 3.30. The number of amides is 1. The summed E-state index contributed by atoms with van der Waals surface area (Å²) in [7, 11) is 1.29. The van der Waals surface area contributed by atoms with E-state index >= 15 is 0 Å². The first-order valence-electron chi connectivity index (χ1n) is 9.23. The van der Waals surface area contributed by atoms with Crippen LogP contribution < -0.4 is 16.7 Å². The highest BCUT2D eigenvalue weighted by Gasteiger charge is 2.26. The molecule has 0 unspecified atom stereocenters. The molecule has 0 bridgehead atoms. The first kappa shape index (κ1) is 20.7. The number of ether oxygens (including phenoxy) is 1. The van der Waals surface area contributed by atoms with Gasteiger partial charge in [-0.05, 0) is 31.7 Å². The third kappa shape index (κ3) is 3.88. The maximum Gasteiger partial charge on any atom is 0.348 e. The van der Waals surface area contributed by atoms with Crippen molar-refractivity contribution in [2.75, 3.05) is 13.0 Å². The third-order valence-electron chi connectivity index (χ3n) is 4.95. The van der Waals surface area contributed by atoms with Gasteiger partial charge in [0, 0.05) is 6.04 Å². The van der Waals surface area contributed by atoms with Crippen LogP contribution in [0, 0.1) is 6.92 Å². The summed E-state index contributed by atoms with van der Waals surface area (Å²) in [5.74, 6) is 5.40. The van der Waals surface area contributed by atoms with Gasteiger partial charge in [0.1, 0.15) is 9.71 Å². The number of carbonyl (C=O) groups is 2. The Morgan fingerprint density at radius 2 is 2.11 bits per heavy atom. The van der Waals surface area contributed by atoms with Crippen LogP contribution in [0.2, 0.25) is 0 Å². The Morgan fingerprint density at radius 3 is 2.71 bits per heavy atom. The zero-order valence-corrected chi connectivity index (χ0v) is 17.7. The predicted molar refractivity (Wildman–Crippen MR) is 110 cm³/mol. The lowest BCUT2D eigenvalue weighted by molar-refractivity contribution is -0.121. The molecule has 0 radical (unpaired) electrons. The Hall–Kier alpha value is -2.07. The van der Waals surface area contributed by atoms with Gasteiger partial charge in [0.05, 0.1) is 17.7 Å². The fourth-order valence-electron chi connectivity index (χ4n) is 3.36. The number of nitrogens with one attached hydrogen (secondary N) is 1. The van der Waals surface area contributed by atoms with Crippen LogP contribution in [0.5, 0.6) is 0 Å². The maximum atomic E-state index is 12.8. The van der Waals surface area contributed by atoms with Gasteiger partial charge < -0.3 is 15.9 Å². The number of thiophene rings is 1. The Kier molecular flexibility index (Phi) is 6.29. The second kappa shape index (κ2) is 8.52. The van der Waals surface area contributed by atoms with Gasteiger partial charge in [-0.3, -0.25) is 9.59 Å². The normalized spacial score (nSPS) is 15.7. The number of rotatable bonds is 6. The second-order valence-electron chi connectivity index (χ2n) is 6.80. The molecule has 1 amide bonds. The fraction of sp³-hybridized carbons (Fsp3) is 0.556. The molecule has 2 aromatic rings. The zero-order chi connectivity index (χ0) is 20.4. The van der Waals surface area contributed by atoms with Crippen LogP contribution in [0.4, 0.5) is 0 Å². The molecule has 3 N–H and O–H groups in total. The van der Waals surface area contributed by atoms with Gasteiger partial charge in [0.15, 0.2) is 5.16 Å². The molecule has 0 aliphatic heterocycles. The van der Waals surface area contributed by atoms with Crippen molar-refractivity contribution >= 4 is 45.2 Å². The molecular formula is C18H24N4O4S2. The monoisotopic (exact) mass is 424 g/mol. The number of fused-ring (bicyclic) bond motifs is 1. The van der Waals surface area contributed by atoms with E-state index in [9.17, 15) is 14.4 Å². The minimum Gasteiger partial charge on any atom is -0.465 e. The summed E-state index contributed by atoms with van der Waals surface area (Å²) < 4.78 is 5.73. The molecule has 28 heavy (non-hydrogen) atoms. The largest absolute Gasteiger partial charge is 0.465 e. The summed E-state index contributed by atoms with van der Waals surface area (Å²) in [6.45, 7) is 3.58. The molecule has 1 fully saturated rings. The summed E-state index contributed by atoms with van der Waals surface area (Å²) in [4.78, 5) is 42.5. The van der Waals surface area contributed by atoms with Gasteiger partial charge in [-0.25, -0.2) is 14.5 Å². The van der Waals surface area contributed by atoms with Gasteiger partial charge in [-0.2, -0.15) is 0 Å². The number of nitrogens with two attached hydrogens (primary N) is 1. The molecule has 1 aliphatic carbocycles. The van der Waals surface area contributed by atoms with E-state index in [4.69, 9.17) is 10.6 Å². The Bertz CT molecular complexity index is 963. The van der Waals surface area contributed by atoms with Crippen LogP contribution in [0.25, 0.3) is 10.2 Å². The number of aryl methyl sites for hydroxylation is 1. The van der Waals surface area contributed by atoms with Crippen LogP contribution in [-0.2, 0) is 9.53 Å². The van der Waals surface area contributed by atoms with Gasteiger partial charge in [-0.1, -0.05) is 31.5 Å². The lowest BCUT2D eigenvalue weighted by Gasteiger charge is -2.18. The fourth-order valence-corrected chi connectivity index (χ4v) is 5.45. The number of hydrogen-bond acceptors (Lipinski definition) is 8. The number of nitrogen functional groups attached to an aromatic ring is 1. The minimum absolute atomic E-state index is 0.0636. The van der Waals surface area contributed by atoms with Crippen molar-refractivity contribution in [3.05, 3.63) is 20.8 Å². The molecule has 3 rings (SSSR count). The van der Waals surface area contributed by atoms with Crippen molar-refractivity contribution in [3.8, 4) is 0 Å². The zero-order valence-electron chi connectivity index (χ0n) is 16.1. The quantitative estimate of drug-likeness (QED) is 0.316. The average molecular weight is 425 g/mol. The topological polar surface area (TPSA) is 116 Å². The Balaban J connectivity index is 1.91. The summed E-state index contributed by atoms with van der Waals surface area (Å²) in [6, 6.07) is 0.222. The van der Waals surface area contributed by atoms with Crippen LogP contribution >= 0.6 is 23.1 Å². The Morgan fingerprint density at radius 1 is 1.43 bits per heavy atom. The van der Waals surface area contributed by atoms with Crippen molar-refractivity contribution in [2.45, 2.75) is 62.4 Å². The molecule has 1 aliphatic rings. The van der Waals surface area contributed by atoms with Crippen molar-refractivity contribution in [1.29, 1.82) is 0 Å². The minimum atomic E-state index is -0.514. The predicted octanol–water partition coefficient (Wildman–Crippen LogP) is 2.20. The van der Waals surface area contributed by atoms with Gasteiger partial charge >= 0.3 is 5.97 Å². The first-order valence-corrected chi connectivity index (χ1v) is 10.9. The van der Waals surface area contributed by atoms with Crippen molar-refractivity contribution in [1.82, 2.24) is 15.0 Å². The number of thioether (sulfide) groups is 1. The van der Waals surface area contributed by atoms with E-state index in [1.54, 1.807) is 6.92 Å². The number of hydrogen-bond donors (Lipinski definition) is 2. The summed E-state index contributed by atoms with van der Waals surface area (Å²) in [6.07, 6.45) is 4.85. The lowest BCUT2D eigenvalue weighted by atomic mass is 10.2. The van der Waals surface area contributed by atoms with E-state index < -0.39 is 16.8 Å². The SMILES string of the molecule is CC[C@@H](Sc1nc2sc(C(=O)OC)c(C)c2c(=O)n1N)C(=O)NC1CCCC1. The van der Waals surface area contributed by atoms with Gasteiger partial charge in [0.25, 0.3) is 5.56 Å². The van der Waals surface area contributed by atoms with E-state index in [1.807, 2.05) is 6.92 Å². The third-order valence-corrected chi connectivity index (χ3v) is 7.44. The van der Waals surface area contributed by atoms with Crippen molar-refractivity contribution in [3.63, 3.8) is 0 Å².